The Morgan fingerprint density at radius 3 is 2.61 bits per heavy atom. The summed E-state index contributed by atoms with van der Waals surface area (Å²) in [6.07, 6.45) is 0. The molecule has 0 aromatic heterocycles. The average molecular weight is 358 g/mol. The largest absolute Gasteiger partial charge is 0.491 e. The molecular formula is C16H17ClFNO3S. The Morgan fingerprint density at radius 1 is 1.17 bits per heavy atom. The Labute approximate surface area is 140 Å². The number of ether oxygens (including phenoxy) is 1. The van der Waals surface area contributed by atoms with E-state index < -0.39 is 15.8 Å². The second kappa shape index (κ2) is 7.29. The highest BCUT2D eigenvalue weighted by Gasteiger charge is 2.16. The van der Waals surface area contributed by atoms with E-state index >= 15 is 0 Å². The second-order valence-corrected chi connectivity index (χ2v) is 7.23. The van der Waals surface area contributed by atoms with E-state index in [0.29, 0.717) is 16.3 Å². The van der Waals surface area contributed by atoms with Crippen LogP contribution in [0.1, 0.15) is 11.1 Å². The zero-order valence-corrected chi connectivity index (χ0v) is 14.3. The quantitative estimate of drug-likeness (QED) is 0.805. The molecule has 0 unspecified atom stereocenters. The Balaban J connectivity index is 1.96. The van der Waals surface area contributed by atoms with Crippen molar-refractivity contribution in [3.05, 3.63) is 58.4 Å². The van der Waals surface area contributed by atoms with E-state index in [1.54, 1.807) is 19.1 Å². The third-order valence-corrected chi connectivity index (χ3v) is 5.10. The molecule has 0 amide bonds. The van der Waals surface area contributed by atoms with Crippen molar-refractivity contribution in [2.75, 3.05) is 13.2 Å². The average Bonchev–Trinajstić information content (AvgIpc) is 2.46. The Hall–Kier alpha value is -1.63. The minimum absolute atomic E-state index is 0.0486. The first-order valence-corrected chi connectivity index (χ1v) is 8.80. The normalized spacial score (nSPS) is 11.5. The summed E-state index contributed by atoms with van der Waals surface area (Å²) in [4.78, 5) is 0.0486. The summed E-state index contributed by atoms with van der Waals surface area (Å²) >= 11 is 6.00. The summed E-state index contributed by atoms with van der Waals surface area (Å²) in [5.41, 5.74) is 1.34. The minimum Gasteiger partial charge on any atom is -0.491 e. The van der Waals surface area contributed by atoms with E-state index in [2.05, 4.69) is 4.72 Å². The van der Waals surface area contributed by atoms with Crippen molar-refractivity contribution < 1.29 is 17.5 Å². The van der Waals surface area contributed by atoms with Gasteiger partial charge in [0.2, 0.25) is 10.0 Å². The van der Waals surface area contributed by atoms with Crippen LogP contribution in [0.5, 0.6) is 5.75 Å². The summed E-state index contributed by atoms with van der Waals surface area (Å²) in [5.74, 6) is 0.0303. The van der Waals surface area contributed by atoms with E-state index in [0.717, 1.165) is 11.6 Å². The van der Waals surface area contributed by atoms with Crippen LogP contribution < -0.4 is 9.46 Å². The van der Waals surface area contributed by atoms with Crippen molar-refractivity contribution in [2.45, 2.75) is 18.7 Å². The third kappa shape index (κ3) is 4.67. The summed E-state index contributed by atoms with van der Waals surface area (Å²) in [5, 5.41) is 0.466. The highest BCUT2D eigenvalue weighted by atomic mass is 35.5. The van der Waals surface area contributed by atoms with Crippen LogP contribution in [0.2, 0.25) is 5.02 Å². The second-order valence-electron chi connectivity index (χ2n) is 5.09. The fourth-order valence-electron chi connectivity index (χ4n) is 2.05. The highest BCUT2D eigenvalue weighted by Crippen LogP contribution is 2.25. The predicted molar refractivity (Wildman–Crippen MR) is 88.0 cm³/mol. The Morgan fingerprint density at radius 2 is 1.91 bits per heavy atom. The van der Waals surface area contributed by atoms with Crippen LogP contribution in [0.15, 0.2) is 41.3 Å². The van der Waals surface area contributed by atoms with Crippen molar-refractivity contribution in [1.82, 2.24) is 4.72 Å². The number of benzene rings is 2. The standard InChI is InChI=1S/C16H17ClFNO3S/c1-11-3-5-14(17)15(9-11)22-8-7-19-23(20,21)16-6-4-13(18)10-12(16)2/h3-6,9-10,19H,7-8H2,1-2H3. The summed E-state index contributed by atoms with van der Waals surface area (Å²) in [6.45, 7) is 3.65. The molecule has 0 aliphatic heterocycles. The van der Waals surface area contributed by atoms with E-state index in [9.17, 15) is 12.8 Å². The molecule has 124 valence electrons. The van der Waals surface area contributed by atoms with Gasteiger partial charge in [-0.15, -0.1) is 0 Å². The third-order valence-electron chi connectivity index (χ3n) is 3.16. The van der Waals surface area contributed by atoms with Gasteiger partial charge in [0.05, 0.1) is 9.92 Å². The van der Waals surface area contributed by atoms with Gasteiger partial charge >= 0.3 is 0 Å². The van der Waals surface area contributed by atoms with Gasteiger partial charge < -0.3 is 4.74 Å². The number of nitrogens with one attached hydrogen (secondary N) is 1. The maximum atomic E-state index is 13.1. The van der Waals surface area contributed by atoms with Gasteiger partial charge in [0.25, 0.3) is 0 Å². The fourth-order valence-corrected chi connectivity index (χ4v) is 3.46. The summed E-state index contributed by atoms with van der Waals surface area (Å²) < 4.78 is 45.3. The van der Waals surface area contributed by atoms with Gasteiger partial charge in [0, 0.05) is 6.54 Å². The van der Waals surface area contributed by atoms with Crippen molar-refractivity contribution >= 4 is 21.6 Å². The van der Waals surface area contributed by atoms with Gasteiger partial charge in [0.1, 0.15) is 18.2 Å². The van der Waals surface area contributed by atoms with Crippen LogP contribution in [0.3, 0.4) is 0 Å². The first-order chi connectivity index (χ1) is 10.8. The van der Waals surface area contributed by atoms with Crippen molar-refractivity contribution in [3.8, 4) is 5.75 Å². The summed E-state index contributed by atoms with van der Waals surface area (Å²) in [6, 6.07) is 8.89. The number of halogens is 2. The number of hydrogen-bond acceptors (Lipinski definition) is 3. The minimum atomic E-state index is -3.71. The van der Waals surface area contributed by atoms with Gasteiger partial charge in [0.15, 0.2) is 0 Å². The van der Waals surface area contributed by atoms with Crippen LogP contribution >= 0.6 is 11.6 Å². The van der Waals surface area contributed by atoms with E-state index in [1.807, 2.05) is 13.0 Å². The lowest BCUT2D eigenvalue weighted by atomic mass is 10.2. The number of rotatable bonds is 6. The van der Waals surface area contributed by atoms with Crippen LogP contribution in [0.25, 0.3) is 0 Å². The molecule has 0 aliphatic carbocycles. The topological polar surface area (TPSA) is 55.4 Å². The van der Waals surface area contributed by atoms with Gasteiger partial charge in [-0.1, -0.05) is 17.7 Å². The van der Waals surface area contributed by atoms with E-state index in [-0.39, 0.29) is 18.0 Å². The maximum Gasteiger partial charge on any atom is 0.240 e. The highest BCUT2D eigenvalue weighted by molar-refractivity contribution is 7.89. The van der Waals surface area contributed by atoms with Crippen LogP contribution in [-0.4, -0.2) is 21.6 Å². The molecule has 0 fully saturated rings. The van der Waals surface area contributed by atoms with Crippen LogP contribution in [0, 0.1) is 19.7 Å². The zero-order valence-electron chi connectivity index (χ0n) is 12.8. The SMILES string of the molecule is Cc1ccc(Cl)c(OCCNS(=O)(=O)c2ccc(F)cc2C)c1. The number of sulfonamides is 1. The molecule has 0 spiro atoms. The molecular weight excluding hydrogens is 341 g/mol. The monoisotopic (exact) mass is 357 g/mol. The molecule has 2 aromatic rings. The molecule has 7 heteroatoms. The van der Waals surface area contributed by atoms with E-state index in [1.165, 1.54) is 12.1 Å². The van der Waals surface area contributed by atoms with Crippen molar-refractivity contribution in [2.24, 2.45) is 0 Å². The van der Waals surface area contributed by atoms with Crippen molar-refractivity contribution in [1.29, 1.82) is 0 Å². The summed E-state index contributed by atoms with van der Waals surface area (Å²) in [7, 11) is -3.71. The lowest BCUT2D eigenvalue weighted by Crippen LogP contribution is -2.28. The van der Waals surface area contributed by atoms with Crippen molar-refractivity contribution in [3.63, 3.8) is 0 Å². The molecule has 1 N–H and O–H groups in total. The smallest absolute Gasteiger partial charge is 0.240 e. The molecule has 0 saturated heterocycles. The molecule has 4 nitrogen and oxygen atoms in total. The molecule has 0 heterocycles. The first-order valence-electron chi connectivity index (χ1n) is 6.94. The van der Waals surface area contributed by atoms with Gasteiger partial charge in [-0.2, -0.15) is 0 Å². The van der Waals surface area contributed by atoms with Gasteiger partial charge in [-0.3, -0.25) is 0 Å². The van der Waals surface area contributed by atoms with Gasteiger partial charge in [-0.25, -0.2) is 17.5 Å². The number of aryl methyl sites for hydroxylation is 2. The molecule has 0 saturated carbocycles. The molecule has 0 atom stereocenters. The molecule has 2 rings (SSSR count). The number of hydrogen-bond donors (Lipinski definition) is 1. The Kier molecular flexibility index (Phi) is 5.62. The zero-order chi connectivity index (χ0) is 17.0. The lowest BCUT2D eigenvalue weighted by Gasteiger charge is -2.11. The molecule has 0 radical (unpaired) electrons. The van der Waals surface area contributed by atoms with Crippen LogP contribution in [0.4, 0.5) is 4.39 Å². The van der Waals surface area contributed by atoms with Crippen LogP contribution in [-0.2, 0) is 10.0 Å². The first kappa shape index (κ1) is 17.7. The maximum absolute atomic E-state index is 13.1. The molecule has 0 bridgehead atoms. The predicted octanol–water partition coefficient (Wildman–Crippen LogP) is 3.45. The molecule has 0 aliphatic rings. The Bertz CT molecular complexity index is 809. The van der Waals surface area contributed by atoms with Gasteiger partial charge in [-0.05, 0) is 55.3 Å². The fraction of sp³-hybridized carbons (Fsp3) is 0.250. The molecule has 23 heavy (non-hydrogen) atoms. The van der Waals surface area contributed by atoms with E-state index in [4.69, 9.17) is 16.3 Å². The molecule has 2 aromatic carbocycles. The lowest BCUT2D eigenvalue weighted by molar-refractivity contribution is 0.323.